The highest BCUT2D eigenvalue weighted by Gasteiger charge is 2.37. The van der Waals surface area contributed by atoms with Crippen molar-refractivity contribution in [3.63, 3.8) is 0 Å². The van der Waals surface area contributed by atoms with Crippen molar-refractivity contribution in [1.82, 2.24) is 13.9 Å². The zero-order valence-electron chi connectivity index (χ0n) is 13.3. The number of amides is 1. The minimum absolute atomic E-state index is 0.0367. The van der Waals surface area contributed by atoms with Crippen molar-refractivity contribution in [2.75, 3.05) is 26.2 Å². The maximum atomic E-state index is 12.8. The number of carbonyl (C=O) groups is 1. The van der Waals surface area contributed by atoms with E-state index in [9.17, 15) is 13.2 Å². The zero-order valence-corrected chi connectivity index (χ0v) is 14.1. The van der Waals surface area contributed by atoms with Crippen LogP contribution in [-0.4, -0.2) is 55.2 Å². The predicted molar refractivity (Wildman–Crippen MR) is 84.4 cm³/mol. The first-order chi connectivity index (χ1) is 10.5. The van der Waals surface area contributed by atoms with Gasteiger partial charge in [0.25, 0.3) is 10.2 Å². The Kier molecular flexibility index (Phi) is 4.75. The smallest absolute Gasteiger partial charge is 0.281 e. The summed E-state index contributed by atoms with van der Waals surface area (Å²) in [5, 5.41) is 3.01. The van der Waals surface area contributed by atoms with Gasteiger partial charge in [-0.25, -0.2) is 0 Å². The molecule has 1 saturated carbocycles. The molecule has 3 rings (SSSR count). The topological polar surface area (TPSA) is 69.7 Å². The monoisotopic (exact) mass is 329 g/mol. The van der Waals surface area contributed by atoms with Crippen LogP contribution in [0.15, 0.2) is 0 Å². The van der Waals surface area contributed by atoms with Gasteiger partial charge in [0.2, 0.25) is 5.91 Å². The van der Waals surface area contributed by atoms with Gasteiger partial charge in [0.15, 0.2) is 0 Å². The lowest BCUT2D eigenvalue weighted by Gasteiger charge is -2.37. The third-order valence-corrected chi connectivity index (χ3v) is 7.08. The van der Waals surface area contributed by atoms with E-state index in [0.717, 1.165) is 38.5 Å². The maximum absolute atomic E-state index is 12.8. The van der Waals surface area contributed by atoms with E-state index < -0.39 is 10.2 Å². The Balaban J connectivity index is 1.61. The second-order valence-corrected chi connectivity index (χ2v) is 9.00. The number of piperidine rings is 2. The van der Waals surface area contributed by atoms with Gasteiger partial charge in [-0.1, -0.05) is 6.92 Å². The third kappa shape index (κ3) is 3.63. The maximum Gasteiger partial charge on any atom is 0.281 e. The molecule has 0 bridgehead atoms. The van der Waals surface area contributed by atoms with Crippen molar-refractivity contribution in [1.29, 1.82) is 0 Å². The number of hydrogen-bond acceptors (Lipinski definition) is 3. The first kappa shape index (κ1) is 16.2. The van der Waals surface area contributed by atoms with Crippen LogP contribution in [0.1, 0.15) is 45.4 Å². The van der Waals surface area contributed by atoms with Crippen LogP contribution in [-0.2, 0) is 15.0 Å². The molecule has 1 atom stereocenters. The molecule has 1 aliphatic carbocycles. The van der Waals surface area contributed by atoms with Crippen molar-refractivity contribution < 1.29 is 13.2 Å². The molecule has 126 valence electrons. The molecule has 7 heteroatoms. The average molecular weight is 329 g/mol. The van der Waals surface area contributed by atoms with Crippen molar-refractivity contribution in [2.24, 2.45) is 11.8 Å². The first-order valence-electron chi connectivity index (χ1n) is 8.52. The third-order valence-electron chi connectivity index (χ3n) is 5.07. The highest BCUT2D eigenvalue weighted by Crippen LogP contribution is 2.26. The fourth-order valence-corrected chi connectivity index (χ4v) is 5.02. The molecule has 1 amide bonds. The van der Waals surface area contributed by atoms with Crippen LogP contribution < -0.4 is 5.32 Å². The van der Waals surface area contributed by atoms with Gasteiger partial charge in [-0.3, -0.25) is 4.79 Å². The van der Waals surface area contributed by atoms with E-state index in [1.807, 2.05) is 0 Å². The highest BCUT2D eigenvalue weighted by atomic mass is 32.2. The molecule has 3 fully saturated rings. The van der Waals surface area contributed by atoms with E-state index in [-0.39, 0.29) is 11.8 Å². The second-order valence-electron chi connectivity index (χ2n) is 7.07. The summed E-state index contributed by atoms with van der Waals surface area (Å²) in [5.74, 6) is 0.451. The van der Waals surface area contributed by atoms with Gasteiger partial charge in [0, 0.05) is 32.2 Å². The van der Waals surface area contributed by atoms with Gasteiger partial charge in [0.05, 0.1) is 5.92 Å². The summed E-state index contributed by atoms with van der Waals surface area (Å²) in [5.41, 5.74) is 0. The van der Waals surface area contributed by atoms with Crippen molar-refractivity contribution >= 4 is 16.1 Å². The second kappa shape index (κ2) is 6.45. The first-order valence-corrected chi connectivity index (χ1v) is 9.92. The standard InChI is InChI=1S/C15H27N3O3S/c1-12-6-9-17(10-7-12)22(20,21)18-8-2-3-13(11-18)15(19)16-14-4-5-14/h12-14H,2-11H2,1H3,(H,16,19). The molecule has 1 unspecified atom stereocenters. The fourth-order valence-electron chi connectivity index (χ4n) is 3.29. The summed E-state index contributed by atoms with van der Waals surface area (Å²) >= 11 is 0. The molecule has 3 aliphatic rings. The molecule has 6 nitrogen and oxygen atoms in total. The molecule has 0 radical (unpaired) electrons. The lowest BCUT2D eigenvalue weighted by atomic mass is 9.99. The summed E-state index contributed by atoms with van der Waals surface area (Å²) in [6.07, 6.45) is 5.55. The molecule has 0 spiro atoms. The van der Waals surface area contributed by atoms with Crippen molar-refractivity contribution in [2.45, 2.75) is 51.5 Å². The van der Waals surface area contributed by atoms with Crippen LogP contribution in [0.25, 0.3) is 0 Å². The van der Waals surface area contributed by atoms with E-state index in [0.29, 0.717) is 38.1 Å². The molecule has 2 heterocycles. The van der Waals surface area contributed by atoms with Crippen LogP contribution in [0.3, 0.4) is 0 Å². The number of nitrogens with zero attached hydrogens (tertiary/aromatic N) is 2. The van der Waals surface area contributed by atoms with Gasteiger partial charge in [0.1, 0.15) is 0 Å². The molecular formula is C15H27N3O3S. The molecule has 0 aromatic heterocycles. The highest BCUT2D eigenvalue weighted by molar-refractivity contribution is 7.86. The van der Waals surface area contributed by atoms with Gasteiger partial charge < -0.3 is 5.32 Å². The Hall–Kier alpha value is -0.660. The Bertz CT molecular complexity index is 510. The molecule has 2 aliphatic heterocycles. The summed E-state index contributed by atoms with van der Waals surface area (Å²) in [6, 6.07) is 0.336. The van der Waals surface area contributed by atoms with E-state index in [2.05, 4.69) is 12.2 Å². The van der Waals surface area contributed by atoms with E-state index in [1.165, 1.54) is 4.31 Å². The van der Waals surface area contributed by atoms with E-state index in [4.69, 9.17) is 0 Å². The van der Waals surface area contributed by atoms with Gasteiger partial charge in [-0.05, 0) is 44.4 Å². The summed E-state index contributed by atoms with van der Waals surface area (Å²) in [4.78, 5) is 12.2. The van der Waals surface area contributed by atoms with Gasteiger partial charge >= 0.3 is 0 Å². The minimum Gasteiger partial charge on any atom is -0.353 e. The van der Waals surface area contributed by atoms with Crippen LogP contribution in [0.2, 0.25) is 0 Å². The van der Waals surface area contributed by atoms with Gasteiger partial charge in [-0.15, -0.1) is 0 Å². The average Bonchev–Trinajstić information content (AvgIpc) is 3.32. The SMILES string of the molecule is CC1CCN(S(=O)(=O)N2CCCC(C(=O)NC3CC3)C2)CC1. The Morgan fingerprint density at radius 3 is 2.32 bits per heavy atom. The van der Waals surface area contributed by atoms with Crippen molar-refractivity contribution in [3.8, 4) is 0 Å². The van der Waals surface area contributed by atoms with E-state index >= 15 is 0 Å². The largest absolute Gasteiger partial charge is 0.353 e. The Morgan fingerprint density at radius 1 is 1.00 bits per heavy atom. The lowest BCUT2D eigenvalue weighted by molar-refractivity contribution is -0.126. The quantitative estimate of drug-likeness (QED) is 0.835. The lowest BCUT2D eigenvalue weighted by Crippen LogP contribution is -2.52. The number of carbonyl (C=O) groups excluding carboxylic acids is 1. The van der Waals surface area contributed by atoms with E-state index in [1.54, 1.807) is 4.31 Å². The van der Waals surface area contributed by atoms with Crippen LogP contribution in [0.4, 0.5) is 0 Å². The van der Waals surface area contributed by atoms with Crippen LogP contribution in [0.5, 0.6) is 0 Å². The van der Waals surface area contributed by atoms with Crippen LogP contribution >= 0.6 is 0 Å². The Labute approximate surface area is 133 Å². The van der Waals surface area contributed by atoms with Gasteiger partial charge in [-0.2, -0.15) is 17.0 Å². The summed E-state index contributed by atoms with van der Waals surface area (Å²) in [7, 11) is -3.40. The molecule has 2 saturated heterocycles. The number of nitrogens with one attached hydrogen (secondary N) is 1. The normalized spacial score (nSPS) is 29.4. The minimum atomic E-state index is -3.40. The molecular weight excluding hydrogens is 302 g/mol. The predicted octanol–water partition coefficient (Wildman–Crippen LogP) is 0.954. The molecule has 0 aromatic carbocycles. The van der Waals surface area contributed by atoms with Crippen molar-refractivity contribution in [3.05, 3.63) is 0 Å². The summed E-state index contributed by atoms with van der Waals surface area (Å²) in [6.45, 7) is 4.27. The zero-order chi connectivity index (χ0) is 15.7. The van der Waals surface area contributed by atoms with Crippen LogP contribution in [0, 0.1) is 11.8 Å². The number of rotatable bonds is 4. The molecule has 0 aromatic rings. The molecule has 22 heavy (non-hydrogen) atoms. The Morgan fingerprint density at radius 2 is 1.68 bits per heavy atom. The summed E-state index contributed by atoms with van der Waals surface area (Å²) < 4.78 is 28.7. The number of hydrogen-bond donors (Lipinski definition) is 1. The fraction of sp³-hybridized carbons (Fsp3) is 0.933. The molecule has 1 N–H and O–H groups in total.